The molecule has 1 saturated heterocycles. The van der Waals surface area contributed by atoms with Gasteiger partial charge in [0.05, 0.1) is 57.3 Å². The number of ether oxygens (including phenoxy) is 2. The number of aliphatic hydroxyl groups is 1. The number of aliphatic carboxylic acids is 4. The molecule has 1 atom stereocenters. The Morgan fingerprint density at radius 3 is 1.66 bits per heavy atom. The Labute approximate surface area is 523 Å². The van der Waals surface area contributed by atoms with Crippen molar-refractivity contribution in [2.24, 2.45) is 23.7 Å². The third-order valence-electron chi connectivity index (χ3n) is 18.6. The molecule has 4 aliphatic carbocycles. The van der Waals surface area contributed by atoms with E-state index in [0.717, 1.165) is 70.0 Å². The van der Waals surface area contributed by atoms with Gasteiger partial charge in [-0.3, -0.25) is 53.3 Å². The summed E-state index contributed by atoms with van der Waals surface area (Å²) in [5, 5.41) is 62.1. The minimum atomic E-state index is -1.37. The maximum absolute atomic E-state index is 14.5. The van der Waals surface area contributed by atoms with E-state index in [0.29, 0.717) is 124 Å². The number of carboxylic acid groups (broad SMARTS) is 4. The molecule has 4 saturated carbocycles. The average Bonchev–Trinajstić information content (AvgIpc) is 1.13. The Kier molecular flexibility index (Phi) is 25.7. The molecule has 3 amide bonds. The molecular formula is C64H97N11O14. The van der Waals surface area contributed by atoms with Crippen LogP contribution in [-0.2, 0) is 28.8 Å². The van der Waals surface area contributed by atoms with Crippen molar-refractivity contribution in [3.63, 3.8) is 0 Å². The lowest BCUT2D eigenvalue weighted by molar-refractivity contribution is -0.163. The zero-order valence-corrected chi connectivity index (χ0v) is 53.2. The first-order chi connectivity index (χ1) is 42.5. The SMILES string of the molecule is COc1cccc(OC)c1-c1cc(C(=O)NC2(C(=O)O)C3CC4CC(C3)CC2C4)nn1-c1ccc(C(O)N(C)CCCN(C)CCCN(C)C(=O)CCCCCNC(=O)CN2CCN(CC(=O)O)CCN(CC(=O)O)CCN(CC(=O)O)CC2)cc1C(C)C. The van der Waals surface area contributed by atoms with Crippen molar-refractivity contribution in [3.05, 3.63) is 59.3 Å². The Morgan fingerprint density at radius 2 is 1.17 bits per heavy atom. The van der Waals surface area contributed by atoms with Crippen LogP contribution in [0.15, 0.2) is 42.5 Å². The molecule has 3 aromatic rings. The molecule has 5 aliphatic rings. The number of hydrogen-bond acceptors (Lipinski definition) is 17. The van der Waals surface area contributed by atoms with E-state index in [1.54, 1.807) is 44.6 Å². The number of amides is 3. The lowest BCUT2D eigenvalue weighted by Gasteiger charge is -2.59. The van der Waals surface area contributed by atoms with Crippen LogP contribution in [0.2, 0.25) is 0 Å². The second-order valence-corrected chi connectivity index (χ2v) is 25.4. The minimum absolute atomic E-state index is 0.0377. The number of methoxy groups -OCH3 is 2. The van der Waals surface area contributed by atoms with E-state index >= 15 is 0 Å². The minimum Gasteiger partial charge on any atom is -0.496 e. The second kappa shape index (κ2) is 32.8. The second-order valence-electron chi connectivity index (χ2n) is 25.4. The molecule has 2 aromatic carbocycles. The molecule has 1 aliphatic heterocycles. The molecule has 1 aromatic heterocycles. The average molecular weight is 1240 g/mol. The predicted molar refractivity (Wildman–Crippen MR) is 333 cm³/mol. The van der Waals surface area contributed by atoms with Gasteiger partial charge in [0.1, 0.15) is 23.3 Å². The molecule has 7 N–H and O–H groups in total. The van der Waals surface area contributed by atoms with Crippen molar-refractivity contribution in [2.75, 3.05) is 147 Å². The maximum atomic E-state index is 14.5. The fourth-order valence-corrected chi connectivity index (χ4v) is 14.0. The molecule has 1 unspecified atom stereocenters. The number of aliphatic hydroxyl groups excluding tert-OH is 1. The first-order valence-corrected chi connectivity index (χ1v) is 31.6. The van der Waals surface area contributed by atoms with Gasteiger partial charge in [-0.05, 0) is 156 Å². The summed E-state index contributed by atoms with van der Waals surface area (Å²) in [7, 11) is 8.87. The topological polar surface area (TPSA) is 304 Å². The van der Waals surface area contributed by atoms with E-state index in [1.165, 1.54) is 0 Å². The summed E-state index contributed by atoms with van der Waals surface area (Å²) in [6, 6.07) is 12.9. The van der Waals surface area contributed by atoms with Crippen molar-refractivity contribution in [3.8, 4) is 28.4 Å². The number of carbonyl (C=O) groups is 7. The highest BCUT2D eigenvalue weighted by Crippen LogP contribution is 2.58. The number of carbonyl (C=O) groups excluding carboxylic acids is 3. The van der Waals surface area contributed by atoms with E-state index in [9.17, 15) is 59.1 Å². The molecule has 492 valence electrons. The summed E-state index contributed by atoms with van der Waals surface area (Å²) in [6.07, 6.45) is 7.41. The Hall–Kier alpha value is -6.74. The third-order valence-corrected chi connectivity index (χ3v) is 18.6. The van der Waals surface area contributed by atoms with Crippen molar-refractivity contribution < 1.29 is 68.6 Å². The predicted octanol–water partition coefficient (Wildman–Crippen LogP) is 3.93. The van der Waals surface area contributed by atoms with E-state index in [4.69, 9.17) is 14.6 Å². The van der Waals surface area contributed by atoms with Crippen molar-refractivity contribution in [1.29, 1.82) is 0 Å². The van der Waals surface area contributed by atoms with Gasteiger partial charge in [0, 0.05) is 85.5 Å². The van der Waals surface area contributed by atoms with Gasteiger partial charge in [0.2, 0.25) is 11.8 Å². The Bertz CT molecular complexity index is 2820. The van der Waals surface area contributed by atoms with Gasteiger partial charge >= 0.3 is 23.9 Å². The van der Waals surface area contributed by atoms with Crippen LogP contribution >= 0.6 is 0 Å². The number of unbranched alkanes of at least 4 members (excludes halogenated alkanes) is 2. The number of rotatable bonds is 32. The van der Waals surface area contributed by atoms with Crippen LogP contribution in [0.25, 0.3) is 16.9 Å². The van der Waals surface area contributed by atoms with E-state index in [-0.39, 0.29) is 74.5 Å². The van der Waals surface area contributed by atoms with Crippen LogP contribution in [0.4, 0.5) is 0 Å². The van der Waals surface area contributed by atoms with Crippen LogP contribution < -0.4 is 20.1 Å². The molecule has 25 heteroatoms. The summed E-state index contributed by atoms with van der Waals surface area (Å²) in [6.45, 7) is 9.08. The number of nitrogens with one attached hydrogen (secondary N) is 2. The number of nitrogens with zero attached hydrogens (tertiary/aromatic N) is 9. The first kappa shape index (κ1) is 69.7. The van der Waals surface area contributed by atoms with E-state index < -0.39 is 41.6 Å². The highest BCUT2D eigenvalue weighted by molar-refractivity contribution is 5.98. The standard InChI is InChI=1S/C64H97N11O14/c1-43(2)49-37-46(17-18-51(49)75-52(60-53(88-6)14-11-15-54(60)89-7)38-50(67-75)61(84)66-64(63(86)87)47-33-44-32-45(35-47)36-48(64)34-44)62(85)70(5)23-13-21-68(3)20-12-22-69(4)56(77)16-9-8-10-19-65-55(76)39-71-24-26-72(40-57(78)79)28-30-74(42-59(82)83)31-29-73(27-25-71)41-58(80)81/h11,14-15,17-18,37-38,43-45,47-48,62,85H,8-10,12-13,16,19-36,39-42H2,1-7H3,(H,65,76)(H,66,84)(H,78,79)(H,80,81)(H,82,83)(H,86,87). The lowest BCUT2D eigenvalue weighted by Crippen LogP contribution is -2.70. The van der Waals surface area contributed by atoms with E-state index in [2.05, 4.69) is 29.4 Å². The molecule has 5 fully saturated rings. The zero-order chi connectivity index (χ0) is 64.5. The molecule has 25 nitrogen and oxygen atoms in total. The lowest BCUT2D eigenvalue weighted by atomic mass is 9.48. The number of benzene rings is 2. The maximum Gasteiger partial charge on any atom is 0.330 e. The number of hydrogen-bond donors (Lipinski definition) is 7. The van der Waals surface area contributed by atoms with Crippen molar-refractivity contribution in [1.82, 2.24) is 54.7 Å². The number of aromatic nitrogens is 2. The quantitative estimate of drug-likeness (QED) is 0.0344. The zero-order valence-electron chi connectivity index (χ0n) is 53.2. The van der Waals surface area contributed by atoms with Crippen molar-refractivity contribution >= 4 is 41.6 Å². The fraction of sp³-hybridized carbons (Fsp3) is 0.656. The van der Waals surface area contributed by atoms with Crippen molar-refractivity contribution in [2.45, 2.75) is 102 Å². The Balaban J connectivity index is 0.852. The van der Waals surface area contributed by atoms with Gasteiger partial charge in [0.25, 0.3) is 5.91 Å². The van der Waals surface area contributed by atoms with Gasteiger partial charge in [0.15, 0.2) is 5.69 Å². The highest BCUT2D eigenvalue weighted by Gasteiger charge is 2.62. The Morgan fingerprint density at radius 1 is 0.652 bits per heavy atom. The molecule has 0 spiro atoms. The van der Waals surface area contributed by atoms with Crippen LogP contribution in [0, 0.1) is 23.7 Å². The monoisotopic (exact) mass is 1240 g/mol. The fourth-order valence-electron chi connectivity index (χ4n) is 14.0. The molecule has 2 heterocycles. The number of carboxylic acids is 4. The summed E-state index contributed by atoms with van der Waals surface area (Å²) in [5.74, 6) is -3.11. The smallest absolute Gasteiger partial charge is 0.330 e. The van der Waals surface area contributed by atoms with Crippen LogP contribution in [0.3, 0.4) is 0 Å². The largest absolute Gasteiger partial charge is 0.496 e. The summed E-state index contributed by atoms with van der Waals surface area (Å²) in [5.41, 5.74) is 2.02. The molecule has 89 heavy (non-hydrogen) atoms. The highest BCUT2D eigenvalue weighted by atomic mass is 16.5. The summed E-state index contributed by atoms with van der Waals surface area (Å²) < 4.78 is 13.4. The van der Waals surface area contributed by atoms with E-state index in [1.807, 2.05) is 67.3 Å². The van der Waals surface area contributed by atoms with Gasteiger partial charge in [-0.1, -0.05) is 32.4 Å². The molecular weight excluding hydrogens is 1150 g/mol. The van der Waals surface area contributed by atoms with Gasteiger partial charge in [-0.2, -0.15) is 5.10 Å². The summed E-state index contributed by atoms with van der Waals surface area (Å²) >= 11 is 0. The summed E-state index contributed by atoms with van der Waals surface area (Å²) in [4.78, 5) is 102. The van der Waals surface area contributed by atoms with Crippen LogP contribution in [0.5, 0.6) is 11.5 Å². The normalized spacial score (nSPS) is 21.5. The van der Waals surface area contributed by atoms with Crippen LogP contribution in [-0.4, -0.2) is 263 Å². The van der Waals surface area contributed by atoms with Gasteiger partial charge < -0.3 is 55.4 Å². The van der Waals surface area contributed by atoms with Gasteiger partial charge in [-0.15, -0.1) is 0 Å². The third kappa shape index (κ3) is 18.9. The molecule has 0 radical (unpaired) electrons. The first-order valence-electron chi connectivity index (χ1n) is 31.6. The molecule has 4 bridgehead atoms. The van der Waals surface area contributed by atoms with Crippen LogP contribution in [0.1, 0.15) is 118 Å². The van der Waals surface area contributed by atoms with Gasteiger partial charge in [-0.25, -0.2) is 9.48 Å². The molecule has 8 rings (SSSR count).